The molecule has 0 spiro atoms. The molecule has 6 nitrogen and oxygen atoms in total. The highest BCUT2D eigenvalue weighted by atomic mass is 32.2. The molecule has 0 aromatic carbocycles. The summed E-state index contributed by atoms with van der Waals surface area (Å²) in [4.78, 5) is 13.1. The van der Waals surface area contributed by atoms with Crippen LogP contribution in [-0.4, -0.2) is 47.0 Å². The third-order valence-electron chi connectivity index (χ3n) is 3.97. The molecule has 0 bridgehead atoms. The lowest BCUT2D eigenvalue weighted by atomic mass is 9.91. The third kappa shape index (κ3) is 3.15. The molecule has 1 saturated heterocycles. The van der Waals surface area contributed by atoms with Gasteiger partial charge >= 0.3 is 0 Å². The topological polar surface area (TPSA) is 76.1 Å². The molecule has 0 aliphatic carbocycles. The van der Waals surface area contributed by atoms with Gasteiger partial charge in [-0.25, -0.2) is 12.7 Å². The molecule has 1 aliphatic heterocycles. The van der Waals surface area contributed by atoms with E-state index < -0.39 is 10.0 Å². The van der Waals surface area contributed by atoms with Crippen LogP contribution in [0.2, 0.25) is 0 Å². The van der Waals surface area contributed by atoms with Gasteiger partial charge in [-0.15, -0.1) is 0 Å². The van der Waals surface area contributed by atoms with E-state index in [0.29, 0.717) is 13.1 Å². The van der Waals surface area contributed by atoms with Crippen LogP contribution in [0.5, 0.6) is 0 Å². The summed E-state index contributed by atoms with van der Waals surface area (Å²) in [6.45, 7) is 1.07. The van der Waals surface area contributed by atoms with Crippen LogP contribution in [0.1, 0.15) is 24.5 Å². The summed E-state index contributed by atoms with van der Waals surface area (Å²) in [5.74, 6) is 0.224. The Morgan fingerprint density at radius 1 is 1.14 bits per heavy atom. The molecule has 2 aromatic heterocycles. The van der Waals surface area contributed by atoms with Gasteiger partial charge in [0.05, 0.1) is 17.6 Å². The molecule has 0 radical (unpaired) electrons. The lowest BCUT2D eigenvalue weighted by molar-refractivity contribution is 0.318. The van der Waals surface area contributed by atoms with Crippen LogP contribution in [-0.2, 0) is 10.0 Å². The number of pyridine rings is 1. The molecular weight excluding hydrogens is 300 g/mol. The van der Waals surface area contributed by atoms with Gasteiger partial charge in [0.1, 0.15) is 0 Å². The Labute approximate surface area is 130 Å². The Morgan fingerprint density at radius 3 is 2.50 bits per heavy atom. The van der Waals surface area contributed by atoms with Crippen molar-refractivity contribution in [3.8, 4) is 11.3 Å². The first-order chi connectivity index (χ1) is 10.6. The minimum absolute atomic E-state index is 0.224. The molecule has 3 rings (SSSR count). The predicted molar refractivity (Wildman–Crippen MR) is 83.7 cm³/mol. The molecule has 1 aliphatic rings. The smallest absolute Gasteiger partial charge is 0.211 e. The van der Waals surface area contributed by atoms with Crippen molar-refractivity contribution >= 4 is 10.0 Å². The first kappa shape index (κ1) is 15.1. The van der Waals surface area contributed by atoms with Gasteiger partial charge in [-0.1, -0.05) is 0 Å². The van der Waals surface area contributed by atoms with Crippen LogP contribution in [0.25, 0.3) is 11.3 Å². The maximum absolute atomic E-state index is 11.6. The fraction of sp³-hybridized carbons (Fsp3) is 0.400. The normalized spacial score (nSPS) is 17.5. The van der Waals surface area contributed by atoms with Crippen molar-refractivity contribution in [1.29, 1.82) is 0 Å². The van der Waals surface area contributed by atoms with E-state index in [1.807, 2.05) is 12.1 Å². The highest BCUT2D eigenvalue weighted by Crippen LogP contribution is 2.32. The highest BCUT2D eigenvalue weighted by molar-refractivity contribution is 7.88. The molecule has 2 aromatic rings. The zero-order valence-corrected chi connectivity index (χ0v) is 13.2. The summed E-state index contributed by atoms with van der Waals surface area (Å²) in [7, 11) is -3.11. The van der Waals surface area contributed by atoms with Crippen molar-refractivity contribution in [2.45, 2.75) is 18.8 Å². The van der Waals surface area contributed by atoms with Gasteiger partial charge in [-0.05, 0) is 25.0 Å². The Hall–Kier alpha value is -1.86. The fourth-order valence-electron chi connectivity index (χ4n) is 2.83. The molecule has 3 heterocycles. The Kier molecular flexibility index (Phi) is 4.17. The van der Waals surface area contributed by atoms with Gasteiger partial charge in [0, 0.05) is 49.4 Å². The molecule has 0 unspecified atom stereocenters. The summed E-state index contributed by atoms with van der Waals surface area (Å²) in [5.41, 5.74) is 2.72. The number of nitrogens with zero attached hydrogens (tertiary/aromatic N) is 4. The SMILES string of the molecule is CS(=O)(=O)N1CCC(c2nccnc2-c2cccnc2)CC1. The van der Waals surface area contributed by atoms with E-state index in [4.69, 9.17) is 0 Å². The maximum Gasteiger partial charge on any atom is 0.211 e. The lowest BCUT2D eigenvalue weighted by Crippen LogP contribution is -2.37. The molecular formula is C15H18N4O2S. The Morgan fingerprint density at radius 2 is 1.86 bits per heavy atom. The molecule has 22 heavy (non-hydrogen) atoms. The highest BCUT2D eigenvalue weighted by Gasteiger charge is 2.28. The number of sulfonamides is 1. The standard InChI is InChI=1S/C15H18N4O2S/c1-22(20,21)19-9-4-12(5-10-19)14-15(18-8-7-17-14)13-3-2-6-16-11-13/h2-3,6-8,11-12H,4-5,9-10H2,1H3. The molecule has 0 amide bonds. The molecule has 116 valence electrons. The number of piperidine rings is 1. The Balaban J connectivity index is 1.85. The zero-order valence-electron chi connectivity index (χ0n) is 12.4. The third-order valence-corrected chi connectivity index (χ3v) is 5.27. The minimum atomic E-state index is -3.11. The molecule has 1 fully saturated rings. The molecule has 0 atom stereocenters. The van der Waals surface area contributed by atoms with Gasteiger partial charge in [-0.3, -0.25) is 15.0 Å². The van der Waals surface area contributed by atoms with Crippen LogP contribution < -0.4 is 0 Å². The van der Waals surface area contributed by atoms with Gasteiger partial charge in [0.25, 0.3) is 0 Å². The lowest BCUT2D eigenvalue weighted by Gasteiger charge is -2.30. The van der Waals surface area contributed by atoms with Crippen molar-refractivity contribution in [2.75, 3.05) is 19.3 Å². The van der Waals surface area contributed by atoms with E-state index in [1.54, 1.807) is 24.8 Å². The molecule has 0 saturated carbocycles. The average Bonchev–Trinajstić information content (AvgIpc) is 2.55. The second-order valence-electron chi connectivity index (χ2n) is 5.47. The molecule has 7 heteroatoms. The van der Waals surface area contributed by atoms with Gasteiger partial charge in [0.2, 0.25) is 10.0 Å². The van der Waals surface area contributed by atoms with Crippen LogP contribution >= 0.6 is 0 Å². The van der Waals surface area contributed by atoms with Gasteiger partial charge in [-0.2, -0.15) is 0 Å². The molecule has 0 N–H and O–H groups in total. The summed E-state index contributed by atoms with van der Waals surface area (Å²) < 4.78 is 24.7. The van der Waals surface area contributed by atoms with E-state index in [1.165, 1.54) is 10.6 Å². The summed E-state index contributed by atoms with van der Waals surface area (Å²) in [6.07, 6.45) is 9.66. The number of rotatable bonds is 3. The first-order valence-corrected chi connectivity index (χ1v) is 9.07. The van der Waals surface area contributed by atoms with Crippen molar-refractivity contribution in [1.82, 2.24) is 19.3 Å². The van der Waals surface area contributed by atoms with Gasteiger partial charge in [0.15, 0.2) is 0 Å². The van der Waals surface area contributed by atoms with Crippen LogP contribution in [0.15, 0.2) is 36.9 Å². The fourth-order valence-corrected chi connectivity index (χ4v) is 3.71. The quantitative estimate of drug-likeness (QED) is 0.860. The van der Waals surface area contributed by atoms with E-state index in [-0.39, 0.29) is 5.92 Å². The average molecular weight is 318 g/mol. The monoisotopic (exact) mass is 318 g/mol. The summed E-state index contributed by atoms with van der Waals surface area (Å²) in [6, 6.07) is 3.84. The number of aromatic nitrogens is 3. The van der Waals surface area contributed by atoms with E-state index in [2.05, 4.69) is 15.0 Å². The van der Waals surface area contributed by atoms with Crippen LogP contribution in [0.3, 0.4) is 0 Å². The summed E-state index contributed by atoms with van der Waals surface area (Å²) >= 11 is 0. The van der Waals surface area contributed by atoms with E-state index in [9.17, 15) is 8.42 Å². The van der Waals surface area contributed by atoms with Crippen molar-refractivity contribution in [2.24, 2.45) is 0 Å². The number of hydrogen-bond donors (Lipinski definition) is 0. The van der Waals surface area contributed by atoms with E-state index in [0.717, 1.165) is 29.8 Å². The van der Waals surface area contributed by atoms with Crippen molar-refractivity contribution in [3.63, 3.8) is 0 Å². The van der Waals surface area contributed by atoms with Crippen molar-refractivity contribution in [3.05, 3.63) is 42.6 Å². The second-order valence-corrected chi connectivity index (χ2v) is 7.45. The predicted octanol–water partition coefficient (Wildman–Crippen LogP) is 1.68. The van der Waals surface area contributed by atoms with Crippen molar-refractivity contribution < 1.29 is 8.42 Å². The first-order valence-electron chi connectivity index (χ1n) is 7.22. The second kappa shape index (κ2) is 6.10. The van der Waals surface area contributed by atoms with Crippen LogP contribution in [0, 0.1) is 0 Å². The minimum Gasteiger partial charge on any atom is -0.264 e. The maximum atomic E-state index is 11.6. The summed E-state index contributed by atoms with van der Waals surface area (Å²) in [5, 5.41) is 0. The van der Waals surface area contributed by atoms with E-state index >= 15 is 0 Å². The van der Waals surface area contributed by atoms with Crippen LogP contribution in [0.4, 0.5) is 0 Å². The largest absolute Gasteiger partial charge is 0.264 e. The number of hydrogen-bond acceptors (Lipinski definition) is 5. The van der Waals surface area contributed by atoms with Gasteiger partial charge < -0.3 is 0 Å². The zero-order chi connectivity index (χ0) is 15.6. The Bertz CT molecular complexity index is 741.